The van der Waals surface area contributed by atoms with Gasteiger partial charge in [-0.2, -0.15) is 5.26 Å². The summed E-state index contributed by atoms with van der Waals surface area (Å²) in [4.78, 5) is 25.1. The number of carbonyl (C=O) groups excluding carboxylic acids is 2. The Morgan fingerprint density at radius 3 is 2.49 bits per heavy atom. The van der Waals surface area contributed by atoms with E-state index in [4.69, 9.17) is 32.7 Å². The Morgan fingerprint density at radius 2 is 1.81 bits per heavy atom. The summed E-state index contributed by atoms with van der Waals surface area (Å²) in [6, 6.07) is 17.4. The van der Waals surface area contributed by atoms with Crippen LogP contribution in [0, 0.1) is 21.8 Å². The predicted molar refractivity (Wildman–Crippen MR) is 154 cm³/mol. The van der Waals surface area contributed by atoms with Crippen molar-refractivity contribution in [3.8, 4) is 17.6 Å². The van der Waals surface area contributed by atoms with Gasteiger partial charge in [-0.05, 0) is 90.0 Å². The second kappa shape index (κ2) is 13.3. The van der Waals surface area contributed by atoms with Crippen molar-refractivity contribution in [1.82, 2.24) is 0 Å². The number of nitrogens with one attached hydrogen (secondary N) is 2. The Bertz CT molecular complexity index is 1400. The first-order chi connectivity index (χ1) is 17.7. The van der Waals surface area contributed by atoms with Crippen LogP contribution in [-0.4, -0.2) is 25.0 Å². The van der Waals surface area contributed by atoms with Gasteiger partial charge in [0.1, 0.15) is 11.6 Å². The lowest BCUT2D eigenvalue weighted by Gasteiger charge is -2.15. The van der Waals surface area contributed by atoms with E-state index in [1.807, 2.05) is 54.6 Å². The molecule has 0 aliphatic rings. The number of halogens is 3. The van der Waals surface area contributed by atoms with Gasteiger partial charge in [0.25, 0.3) is 11.8 Å². The summed E-state index contributed by atoms with van der Waals surface area (Å²) >= 11 is 13.9. The van der Waals surface area contributed by atoms with Crippen molar-refractivity contribution in [1.29, 1.82) is 5.26 Å². The maximum absolute atomic E-state index is 12.7. The Morgan fingerprint density at radius 1 is 1.05 bits per heavy atom. The van der Waals surface area contributed by atoms with Crippen molar-refractivity contribution in [2.24, 2.45) is 0 Å². The summed E-state index contributed by atoms with van der Waals surface area (Å²) < 4.78 is 12.1. The van der Waals surface area contributed by atoms with Crippen LogP contribution in [0.15, 0.2) is 60.2 Å². The quantitative estimate of drug-likeness (QED) is 0.150. The molecule has 0 atom stereocenters. The fourth-order valence-electron chi connectivity index (χ4n) is 3.20. The van der Waals surface area contributed by atoms with Crippen LogP contribution in [0.4, 0.5) is 11.4 Å². The van der Waals surface area contributed by atoms with Crippen molar-refractivity contribution < 1.29 is 19.1 Å². The standard InChI is InChI=1S/C27H22Cl2IN3O4/c1-3-36-24-12-17(10-18(14-31)27(35)33-23-7-5-4-6-16(23)2)11-22(30)26(24)37-15-25(34)32-19-8-9-20(28)21(29)13-19/h4-13H,3,15H2,1-2H3,(H,32,34)(H,33,35)/b18-10-. The number of hydrogen-bond donors (Lipinski definition) is 2. The van der Waals surface area contributed by atoms with Gasteiger partial charge in [0, 0.05) is 11.4 Å². The summed E-state index contributed by atoms with van der Waals surface area (Å²) in [6.45, 7) is 3.74. The first kappa shape index (κ1) is 28.3. The fraction of sp³-hybridized carbons (Fsp3) is 0.148. The van der Waals surface area contributed by atoms with Crippen LogP contribution in [-0.2, 0) is 9.59 Å². The number of benzene rings is 3. The number of aryl methyl sites for hydroxylation is 1. The van der Waals surface area contributed by atoms with Gasteiger partial charge in [-0.1, -0.05) is 41.4 Å². The van der Waals surface area contributed by atoms with Crippen molar-refractivity contribution in [3.63, 3.8) is 0 Å². The molecule has 10 heteroatoms. The molecule has 0 heterocycles. The molecule has 2 N–H and O–H groups in total. The number of rotatable bonds is 9. The zero-order valence-corrected chi connectivity index (χ0v) is 23.6. The van der Waals surface area contributed by atoms with Crippen LogP contribution in [0.1, 0.15) is 18.1 Å². The molecule has 0 saturated carbocycles. The van der Waals surface area contributed by atoms with Gasteiger partial charge in [0.05, 0.1) is 20.2 Å². The molecule has 0 spiro atoms. The largest absolute Gasteiger partial charge is 0.490 e. The van der Waals surface area contributed by atoms with Crippen molar-refractivity contribution in [2.45, 2.75) is 13.8 Å². The molecule has 190 valence electrons. The van der Waals surface area contributed by atoms with Gasteiger partial charge in [-0.15, -0.1) is 0 Å². The summed E-state index contributed by atoms with van der Waals surface area (Å²) in [7, 11) is 0. The van der Waals surface area contributed by atoms with Gasteiger partial charge in [-0.3, -0.25) is 9.59 Å². The minimum Gasteiger partial charge on any atom is -0.490 e. The average Bonchev–Trinajstić information content (AvgIpc) is 2.85. The predicted octanol–water partition coefficient (Wildman–Crippen LogP) is 6.87. The number of carbonyl (C=O) groups is 2. The number of nitrogens with zero attached hydrogens (tertiary/aromatic N) is 1. The monoisotopic (exact) mass is 649 g/mol. The highest BCUT2D eigenvalue weighted by molar-refractivity contribution is 14.1. The van der Waals surface area contributed by atoms with Gasteiger partial charge >= 0.3 is 0 Å². The van der Waals surface area contributed by atoms with E-state index in [1.165, 1.54) is 6.08 Å². The van der Waals surface area contributed by atoms with Crippen molar-refractivity contribution in [2.75, 3.05) is 23.8 Å². The number of amides is 2. The van der Waals surface area contributed by atoms with Crippen LogP contribution in [0.2, 0.25) is 10.0 Å². The van der Waals surface area contributed by atoms with Crippen LogP contribution in [0.3, 0.4) is 0 Å². The number of hydrogen-bond acceptors (Lipinski definition) is 5. The van der Waals surface area contributed by atoms with Gasteiger partial charge in [-0.25, -0.2) is 0 Å². The lowest BCUT2D eigenvalue weighted by atomic mass is 10.1. The summed E-state index contributed by atoms with van der Waals surface area (Å²) in [5, 5.41) is 15.8. The van der Waals surface area contributed by atoms with E-state index in [9.17, 15) is 14.9 Å². The molecule has 37 heavy (non-hydrogen) atoms. The molecule has 0 saturated heterocycles. The fourth-order valence-corrected chi connectivity index (χ4v) is 4.28. The molecule has 3 aromatic carbocycles. The molecule has 7 nitrogen and oxygen atoms in total. The van der Waals surface area contributed by atoms with E-state index in [1.54, 1.807) is 42.5 Å². The van der Waals surface area contributed by atoms with Crippen LogP contribution in [0.25, 0.3) is 6.08 Å². The zero-order chi connectivity index (χ0) is 26.9. The number of anilines is 2. The molecule has 0 bridgehead atoms. The van der Waals surface area contributed by atoms with E-state index < -0.39 is 11.8 Å². The van der Waals surface area contributed by atoms with Crippen LogP contribution in [0.5, 0.6) is 11.5 Å². The third kappa shape index (κ3) is 7.86. The van der Waals surface area contributed by atoms with E-state index >= 15 is 0 Å². The lowest BCUT2D eigenvalue weighted by Crippen LogP contribution is -2.20. The Balaban J connectivity index is 1.77. The molecule has 0 unspecified atom stereocenters. The van der Waals surface area contributed by atoms with Gasteiger partial charge in [0.2, 0.25) is 0 Å². The van der Waals surface area contributed by atoms with Crippen LogP contribution < -0.4 is 20.1 Å². The van der Waals surface area contributed by atoms with E-state index in [0.29, 0.717) is 48.7 Å². The Kier molecular flexibility index (Phi) is 10.2. The number of ether oxygens (including phenoxy) is 2. The minimum absolute atomic E-state index is 0.0730. The topological polar surface area (TPSA) is 100 Å². The number of para-hydroxylation sites is 1. The molecular weight excluding hydrogens is 628 g/mol. The third-order valence-electron chi connectivity index (χ3n) is 4.95. The molecular formula is C27H22Cl2IN3O4. The highest BCUT2D eigenvalue weighted by atomic mass is 127. The molecule has 0 aromatic heterocycles. The molecule has 2 amide bonds. The molecule has 0 radical (unpaired) electrons. The van der Waals surface area contributed by atoms with E-state index in [2.05, 4.69) is 10.6 Å². The first-order valence-corrected chi connectivity index (χ1v) is 12.9. The zero-order valence-electron chi connectivity index (χ0n) is 19.9. The number of nitriles is 1. The minimum atomic E-state index is -0.524. The molecule has 3 rings (SSSR count). The summed E-state index contributed by atoms with van der Waals surface area (Å²) in [6.07, 6.45) is 1.47. The molecule has 3 aromatic rings. The summed E-state index contributed by atoms with van der Waals surface area (Å²) in [5.41, 5.74) is 2.48. The Hall–Kier alpha value is -3.26. The van der Waals surface area contributed by atoms with E-state index in [0.717, 1.165) is 5.56 Å². The smallest absolute Gasteiger partial charge is 0.266 e. The second-order valence-electron chi connectivity index (χ2n) is 7.67. The van der Waals surface area contributed by atoms with E-state index in [-0.39, 0.29) is 12.2 Å². The second-order valence-corrected chi connectivity index (χ2v) is 9.64. The first-order valence-electron chi connectivity index (χ1n) is 11.0. The maximum atomic E-state index is 12.7. The lowest BCUT2D eigenvalue weighted by molar-refractivity contribution is -0.118. The third-order valence-corrected chi connectivity index (χ3v) is 6.49. The highest BCUT2D eigenvalue weighted by Crippen LogP contribution is 2.35. The van der Waals surface area contributed by atoms with Gasteiger partial charge in [0.15, 0.2) is 18.1 Å². The SMILES string of the molecule is CCOc1cc(/C=C(/C#N)C(=O)Nc2ccccc2C)cc(I)c1OCC(=O)Nc1ccc(Cl)c(Cl)c1. The maximum Gasteiger partial charge on any atom is 0.266 e. The average molecular weight is 650 g/mol. The van der Waals surface area contributed by atoms with Gasteiger partial charge < -0.3 is 20.1 Å². The highest BCUT2D eigenvalue weighted by Gasteiger charge is 2.16. The molecule has 0 aliphatic carbocycles. The van der Waals surface area contributed by atoms with Crippen LogP contribution >= 0.6 is 45.8 Å². The summed E-state index contributed by atoms with van der Waals surface area (Å²) in [5.74, 6) is -0.185. The Labute approximate surface area is 238 Å². The van der Waals surface area contributed by atoms with Crippen molar-refractivity contribution >= 4 is 75.1 Å². The van der Waals surface area contributed by atoms with Crippen molar-refractivity contribution in [3.05, 3.63) is 84.9 Å². The normalized spacial score (nSPS) is 10.9. The molecule has 0 fully saturated rings. The molecule has 0 aliphatic heterocycles.